The SMILES string of the molecule is O=C(O)C1CSCCN1S(=O)(=O)c1ccc(F)cc1Br. The van der Waals surface area contributed by atoms with Crippen LogP contribution in [0.25, 0.3) is 0 Å². The largest absolute Gasteiger partial charge is 0.480 e. The number of sulfonamides is 1. The minimum Gasteiger partial charge on any atom is -0.480 e. The summed E-state index contributed by atoms with van der Waals surface area (Å²) in [6.45, 7) is 0.119. The third-order valence-corrected chi connectivity index (χ3v) is 6.75. The van der Waals surface area contributed by atoms with Crippen molar-refractivity contribution in [3.05, 3.63) is 28.5 Å². The Hall–Kier alpha value is -0.640. The Morgan fingerprint density at radius 3 is 2.80 bits per heavy atom. The molecule has 110 valence electrons. The van der Waals surface area contributed by atoms with E-state index in [4.69, 9.17) is 5.11 Å². The molecule has 5 nitrogen and oxygen atoms in total. The number of hydrogen-bond acceptors (Lipinski definition) is 4. The number of benzene rings is 1. The Bertz CT molecular complexity index is 637. The van der Waals surface area contributed by atoms with Gasteiger partial charge in [-0.3, -0.25) is 4.79 Å². The van der Waals surface area contributed by atoms with Crippen LogP contribution in [0.3, 0.4) is 0 Å². The van der Waals surface area contributed by atoms with Gasteiger partial charge in [-0.1, -0.05) is 0 Å². The Kier molecular flexibility index (Phi) is 4.73. The van der Waals surface area contributed by atoms with Crippen LogP contribution in [0, 0.1) is 5.82 Å². The summed E-state index contributed by atoms with van der Waals surface area (Å²) in [5.74, 6) is -1.02. The van der Waals surface area contributed by atoms with Crippen LogP contribution < -0.4 is 0 Å². The Labute approximate surface area is 128 Å². The minimum absolute atomic E-state index is 0.0832. The van der Waals surface area contributed by atoms with Gasteiger partial charge in [-0.25, -0.2) is 12.8 Å². The molecule has 1 atom stereocenters. The zero-order valence-electron chi connectivity index (χ0n) is 10.1. The predicted molar refractivity (Wildman–Crippen MR) is 76.7 cm³/mol. The number of nitrogens with zero attached hydrogens (tertiary/aromatic N) is 1. The minimum atomic E-state index is -3.98. The fraction of sp³-hybridized carbons (Fsp3) is 0.364. The first-order chi connectivity index (χ1) is 9.34. The topological polar surface area (TPSA) is 74.7 Å². The summed E-state index contributed by atoms with van der Waals surface area (Å²) >= 11 is 4.40. The Morgan fingerprint density at radius 1 is 1.50 bits per heavy atom. The van der Waals surface area contributed by atoms with Crippen LogP contribution >= 0.6 is 27.7 Å². The van der Waals surface area contributed by atoms with E-state index in [9.17, 15) is 17.6 Å². The zero-order valence-corrected chi connectivity index (χ0v) is 13.3. The average molecular weight is 384 g/mol. The van der Waals surface area contributed by atoms with Crippen molar-refractivity contribution in [1.29, 1.82) is 0 Å². The summed E-state index contributed by atoms with van der Waals surface area (Å²) in [7, 11) is -3.98. The second-order valence-electron chi connectivity index (χ2n) is 4.12. The molecular formula is C11H11BrFNO4S2. The molecule has 0 aliphatic carbocycles. The lowest BCUT2D eigenvalue weighted by Crippen LogP contribution is -2.50. The molecule has 20 heavy (non-hydrogen) atoms. The van der Waals surface area contributed by atoms with Gasteiger partial charge in [0.15, 0.2) is 0 Å². The molecular weight excluding hydrogens is 373 g/mol. The van der Waals surface area contributed by atoms with E-state index in [0.717, 1.165) is 22.5 Å². The average Bonchev–Trinajstić information content (AvgIpc) is 2.38. The Morgan fingerprint density at radius 2 is 2.20 bits per heavy atom. The number of thioether (sulfide) groups is 1. The summed E-state index contributed by atoms with van der Waals surface area (Å²) in [4.78, 5) is 11.1. The van der Waals surface area contributed by atoms with Crippen LogP contribution in [-0.2, 0) is 14.8 Å². The fourth-order valence-electron chi connectivity index (χ4n) is 1.88. The highest BCUT2D eigenvalue weighted by Crippen LogP contribution is 2.29. The monoisotopic (exact) mass is 383 g/mol. The molecule has 0 radical (unpaired) electrons. The van der Waals surface area contributed by atoms with Crippen molar-refractivity contribution in [2.24, 2.45) is 0 Å². The van der Waals surface area contributed by atoms with Crippen LogP contribution in [0.4, 0.5) is 4.39 Å². The van der Waals surface area contributed by atoms with E-state index in [1.165, 1.54) is 11.8 Å². The molecule has 0 spiro atoms. The quantitative estimate of drug-likeness (QED) is 0.860. The molecule has 0 bridgehead atoms. The van der Waals surface area contributed by atoms with Crippen molar-refractivity contribution in [2.75, 3.05) is 18.1 Å². The number of hydrogen-bond donors (Lipinski definition) is 1. The fourth-order valence-corrected chi connectivity index (χ4v) is 5.72. The number of aliphatic carboxylic acids is 1. The maximum Gasteiger partial charge on any atom is 0.322 e. The van der Waals surface area contributed by atoms with Crippen molar-refractivity contribution < 1.29 is 22.7 Å². The van der Waals surface area contributed by atoms with Gasteiger partial charge in [0.2, 0.25) is 10.0 Å². The molecule has 0 amide bonds. The molecule has 1 heterocycles. The van der Waals surface area contributed by atoms with Gasteiger partial charge in [-0.15, -0.1) is 0 Å². The lowest BCUT2D eigenvalue weighted by atomic mass is 10.3. The maximum absolute atomic E-state index is 13.0. The van der Waals surface area contributed by atoms with Crippen molar-refractivity contribution in [1.82, 2.24) is 4.31 Å². The molecule has 0 saturated carbocycles. The number of halogens is 2. The molecule has 1 aromatic carbocycles. The molecule has 1 aliphatic rings. The van der Waals surface area contributed by atoms with E-state index < -0.39 is 27.9 Å². The summed E-state index contributed by atoms with van der Waals surface area (Å²) in [5, 5.41) is 9.14. The summed E-state index contributed by atoms with van der Waals surface area (Å²) in [5.41, 5.74) is 0. The van der Waals surface area contributed by atoms with Crippen molar-refractivity contribution in [3.63, 3.8) is 0 Å². The third kappa shape index (κ3) is 3.00. The summed E-state index contributed by atoms with van der Waals surface area (Å²) in [6.07, 6.45) is 0. The molecule has 0 aromatic heterocycles. The lowest BCUT2D eigenvalue weighted by molar-refractivity contribution is -0.140. The summed E-state index contributed by atoms with van der Waals surface area (Å²) in [6, 6.07) is 2.11. The van der Waals surface area contributed by atoms with E-state index in [1.807, 2.05) is 0 Å². The van der Waals surface area contributed by atoms with Crippen LogP contribution in [0.1, 0.15) is 0 Å². The van der Waals surface area contributed by atoms with E-state index >= 15 is 0 Å². The van der Waals surface area contributed by atoms with Gasteiger partial charge in [-0.05, 0) is 34.1 Å². The second-order valence-corrected chi connectivity index (χ2v) is 7.98. The van der Waals surface area contributed by atoms with Crippen LogP contribution in [0.15, 0.2) is 27.6 Å². The van der Waals surface area contributed by atoms with Gasteiger partial charge in [0, 0.05) is 22.5 Å². The van der Waals surface area contributed by atoms with Crippen molar-refractivity contribution in [2.45, 2.75) is 10.9 Å². The molecule has 1 saturated heterocycles. The first-order valence-electron chi connectivity index (χ1n) is 5.61. The first-order valence-corrected chi connectivity index (χ1v) is 9.00. The highest BCUT2D eigenvalue weighted by atomic mass is 79.9. The van der Waals surface area contributed by atoms with Gasteiger partial charge in [0.25, 0.3) is 0 Å². The standard InChI is InChI=1S/C11H11BrFNO4S2/c12-8-5-7(13)1-2-10(8)20(17,18)14-3-4-19-6-9(14)11(15)16/h1-2,5,9H,3-4,6H2,(H,15,16). The van der Waals surface area contributed by atoms with Crippen LogP contribution in [0.2, 0.25) is 0 Å². The summed E-state index contributed by atoms with van der Waals surface area (Å²) < 4.78 is 39.2. The molecule has 1 N–H and O–H groups in total. The van der Waals surface area contributed by atoms with E-state index in [-0.39, 0.29) is 21.7 Å². The van der Waals surface area contributed by atoms with E-state index in [1.54, 1.807) is 0 Å². The van der Waals surface area contributed by atoms with Gasteiger partial charge >= 0.3 is 5.97 Å². The second kappa shape index (κ2) is 6.00. The molecule has 1 aliphatic heterocycles. The Balaban J connectivity index is 2.45. The zero-order chi connectivity index (χ0) is 14.9. The van der Waals surface area contributed by atoms with Gasteiger partial charge in [0.1, 0.15) is 11.9 Å². The molecule has 1 aromatic rings. The lowest BCUT2D eigenvalue weighted by Gasteiger charge is -2.31. The smallest absolute Gasteiger partial charge is 0.322 e. The third-order valence-electron chi connectivity index (χ3n) is 2.84. The molecule has 2 rings (SSSR count). The highest BCUT2D eigenvalue weighted by Gasteiger charge is 2.38. The number of rotatable bonds is 3. The van der Waals surface area contributed by atoms with Crippen molar-refractivity contribution in [3.8, 4) is 0 Å². The van der Waals surface area contributed by atoms with Crippen LogP contribution in [0.5, 0.6) is 0 Å². The number of carboxylic acid groups (broad SMARTS) is 1. The molecule has 9 heteroatoms. The predicted octanol–water partition coefficient (Wildman–Crippen LogP) is 1.78. The van der Waals surface area contributed by atoms with Gasteiger partial charge < -0.3 is 5.11 Å². The number of carboxylic acids is 1. The highest BCUT2D eigenvalue weighted by molar-refractivity contribution is 9.10. The van der Waals surface area contributed by atoms with Gasteiger partial charge in [-0.2, -0.15) is 16.1 Å². The molecule has 1 fully saturated rings. The van der Waals surface area contributed by atoms with E-state index in [2.05, 4.69) is 15.9 Å². The van der Waals surface area contributed by atoms with Crippen LogP contribution in [-0.4, -0.2) is 47.9 Å². The first kappa shape index (κ1) is 15.7. The maximum atomic E-state index is 13.0. The normalized spacial score (nSPS) is 20.8. The van der Waals surface area contributed by atoms with Crippen molar-refractivity contribution >= 4 is 43.7 Å². The van der Waals surface area contributed by atoms with Gasteiger partial charge in [0.05, 0.1) is 4.90 Å². The molecule has 1 unspecified atom stereocenters. The number of carbonyl (C=O) groups is 1. The van der Waals surface area contributed by atoms with E-state index in [0.29, 0.717) is 5.75 Å².